The Kier molecular flexibility index (Phi) is 5.35. The normalized spacial score (nSPS) is 10.4. The van der Waals surface area contributed by atoms with Crippen LogP contribution >= 0.6 is 0 Å². The molecule has 0 aromatic carbocycles. The second-order valence-corrected chi connectivity index (χ2v) is 4.18. The number of unbranched alkanes of at least 4 members (excludes halogenated alkanes) is 1. The maximum Gasteiger partial charge on any atom is 0.360 e. The second kappa shape index (κ2) is 6.77. The van der Waals surface area contributed by atoms with E-state index in [4.69, 9.17) is 11.5 Å². The number of rotatable bonds is 7. The van der Waals surface area contributed by atoms with Gasteiger partial charge in [-0.25, -0.2) is 9.78 Å². The van der Waals surface area contributed by atoms with Crippen LogP contribution in [0.5, 0.6) is 0 Å². The van der Waals surface area contributed by atoms with E-state index in [9.17, 15) is 9.59 Å². The number of carbonyl (C=O) groups excluding carboxylic acids is 2. The van der Waals surface area contributed by atoms with Gasteiger partial charge in [-0.15, -0.1) is 0 Å². The van der Waals surface area contributed by atoms with Crippen molar-refractivity contribution in [1.29, 1.82) is 0 Å². The Morgan fingerprint density at radius 1 is 1.37 bits per heavy atom. The molecule has 7 nitrogen and oxygen atoms in total. The van der Waals surface area contributed by atoms with Gasteiger partial charge in [-0.05, 0) is 12.8 Å². The number of carbonyl (C=O) groups is 2. The Balaban J connectivity index is 2.78. The minimum atomic E-state index is -0.539. The lowest BCUT2D eigenvalue weighted by atomic mass is 10.2. The Morgan fingerprint density at radius 3 is 2.58 bits per heavy atom. The minimum Gasteiger partial charge on any atom is -0.464 e. The van der Waals surface area contributed by atoms with Crippen molar-refractivity contribution in [2.45, 2.75) is 39.2 Å². The quantitative estimate of drug-likeness (QED) is 0.551. The molecular weight excluding hydrogens is 248 g/mol. The van der Waals surface area contributed by atoms with Crippen LogP contribution in [-0.2, 0) is 22.5 Å². The summed E-state index contributed by atoms with van der Waals surface area (Å²) in [7, 11) is 1.29. The molecule has 0 atom stereocenters. The first-order valence-electron chi connectivity index (χ1n) is 6.22. The van der Waals surface area contributed by atoms with Crippen molar-refractivity contribution < 1.29 is 14.3 Å². The highest BCUT2D eigenvalue weighted by Gasteiger charge is 2.19. The van der Waals surface area contributed by atoms with E-state index in [0.717, 1.165) is 12.2 Å². The van der Waals surface area contributed by atoms with Crippen molar-refractivity contribution >= 4 is 17.7 Å². The standard InChI is InChI=1S/C12H20N4O3/c1-3-9-15-10(12(18)19-2)11(14)16(9)7-5-4-6-8(13)17/h3-7,14H2,1-2H3,(H2,13,17). The Morgan fingerprint density at radius 2 is 2.05 bits per heavy atom. The highest BCUT2D eigenvalue weighted by atomic mass is 16.5. The highest BCUT2D eigenvalue weighted by molar-refractivity contribution is 5.92. The number of imidazole rings is 1. The molecule has 19 heavy (non-hydrogen) atoms. The molecule has 0 unspecified atom stereocenters. The van der Waals surface area contributed by atoms with Crippen LogP contribution in [0.25, 0.3) is 0 Å². The molecular formula is C12H20N4O3. The average Bonchev–Trinajstić information content (AvgIpc) is 2.70. The van der Waals surface area contributed by atoms with E-state index in [1.807, 2.05) is 6.92 Å². The summed E-state index contributed by atoms with van der Waals surface area (Å²) in [6, 6.07) is 0. The lowest BCUT2D eigenvalue weighted by molar-refractivity contribution is -0.118. The van der Waals surface area contributed by atoms with Crippen LogP contribution in [0, 0.1) is 0 Å². The number of amides is 1. The number of nitrogens with zero attached hydrogens (tertiary/aromatic N) is 2. The first-order chi connectivity index (χ1) is 9.01. The molecule has 0 radical (unpaired) electrons. The third kappa shape index (κ3) is 3.70. The molecule has 1 heterocycles. The zero-order valence-electron chi connectivity index (χ0n) is 11.3. The molecule has 0 saturated carbocycles. The number of nitrogens with two attached hydrogens (primary N) is 2. The van der Waals surface area contributed by atoms with Gasteiger partial charge >= 0.3 is 5.97 Å². The van der Waals surface area contributed by atoms with Crippen molar-refractivity contribution in [2.75, 3.05) is 12.8 Å². The third-order valence-electron chi connectivity index (χ3n) is 2.84. The lowest BCUT2D eigenvalue weighted by Crippen LogP contribution is -2.12. The monoisotopic (exact) mass is 268 g/mol. The van der Waals surface area contributed by atoms with Crippen molar-refractivity contribution in [1.82, 2.24) is 9.55 Å². The van der Waals surface area contributed by atoms with Gasteiger partial charge in [0.1, 0.15) is 11.6 Å². The fourth-order valence-corrected chi connectivity index (χ4v) is 1.85. The minimum absolute atomic E-state index is 0.147. The van der Waals surface area contributed by atoms with E-state index in [1.54, 1.807) is 4.57 Å². The van der Waals surface area contributed by atoms with Crippen LogP contribution in [0.2, 0.25) is 0 Å². The van der Waals surface area contributed by atoms with Crippen LogP contribution in [0.15, 0.2) is 0 Å². The molecule has 0 aliphatic rings. The van der Waals surface area contributed by atoms with Gasteiger partial charge < -0.3 is 20.8 Å². The van der Waals surface area contributed by atoms with Crippen LogP contribution in [0.1, 0.15) is 42.5 Å². The maximum atomic E-state index is 11.5. The molecule has 0 bridgehead atoms. The van der Waals surface area contributed by atoms with E-state index in [1.165, 1.54) is 7.11 Å². The molecule has 4 N–H and O–H groups in total. The number of methoxy groups -OCH3 is 1. The van der Waals surface area contributed by atoms with Gasteiger partial charge in [0, 0.05) is 19.4 Å². The summed E-state index contributed by atoms with van der Waals surface area (Å²) < 4.78 is 6.42. The summed E-state index contributed by atoms with van der Waals surface area (Å²) in [5.74, 6) is 0.187. The van der Waals surface area contributed by atoms with E-state index in [-0.39, 0.29) is 11.6 Å². The topological polar surface area (TPSA) is 113 Å². The van der Waals surface area contributed by atoms with E-state index >= 15 is 0 Å². The fourth-order valence-electron chi connectivity index (χ4n) is 1.85. The Hall–Kier alpha value is -2.05. The maximum absolute atomic E-state index is 11.5. The largest absolute Gasteiger partial charge is 0.464 e. The zero-order chi connectivity index (χ0) is 14.4. The van der Waals surface area contributed by atoms with Crippen LogP contribution < -0.4 is 11.5 Å². The molecule has 1 rings (SSSR count). The summed E-state index contributed by atoms with van der Waals surface area (Å²) in [5, 5.41) is 0. The summed E-state index contributed by atoms with van der Waals surface area (Å²) in [5.41, 5.74) is 11.1. The number of aromatic nitrogens is 2. The van der Waals surface area contributed by atoms with Gasteiger partial charge in [0.05, 0.1) is 7.11 Å². The van der Waals surface area contributed by atoms with Crippen molar-refractivity contribution in [2.24, 2.45) is 5.73 Å². The first kappa shape index (κ1) is 15.0. The summed E-state index contributed by atoms with van der Waals surface area (Å²) in [6.07, 6.45) is 2.44. The summed E-state index contributed by atoms with van der Waals surface area (Å²) >= 11 is 0. The predicted octanol–water partition coefficient (Wildman–Crippen LogP) is 0.470. The molecule has 1 aromatic heterocycles. The molecule has 1 aromatic rings. The van der Waals surface area contributed by atoms with Crippen molar-refractivity contribution in [3.8, 4) is 0 Å². The molecule has 106 valence electrons. The van der Waals surface area contributed by atoms with E-state index in [0.29, 0.717) is 31.6 Å². The molecule has 0 fully saturated rings. The zero-order valence-corrected chi connectivity index (χ0v) is 11.3. The highest BCUT2D eigenvalue weighted by Crippen LogP contribution is 2.17. The van der Waals surface area contributed by atoms with Crippen molar-refractivity contribution in [3.63, 3.8) is 0 Å². The van der Waals surface area contributed by atoms with Gasteiger partial charge in [-0.3, -0.25) is 4.79 Å². The number of ether oxygens (including phenoxy) is 1. The number of esters is 1. The molecule has 1 amide bonds. The van der Waals surface area contributed by atoms with Crippen LogP contribution in [0.4, 0.5) is 5.82 Å². The number of hydrogen-bond donors (Lipinski definition) is 2. The second-order valence-electron chi connectivity index (χ2n) is 4.18. The molecule has 0 aliphatic carbocycles. The van der Waals surface area contributed by atoms with Crippen LogP contribution in [-0.4, -0.2) is 28.5 Å². The van der Waals surface area contributed by atoms with Gasteiger partial charge in [0.15, 0.2) is 5.69 Å². The van der Waals surface area contributed by atoms with Gasteiger partial charge in [-0.2, -0.15) is 0 Å². The first-order valence-corrected chi connectivity index (χ1v) is 6.22. The lowest BCUT2D eigenvalue weighted by Gasteiger charge is -2.08. The number of primary amides is 1. The van der Waals surface area contributed by atoms with Gasteiger partial charge in [-0.1, -0.05) is 6.92 Å². The van der Waals surface area contributed by atoms with E-state index < -0.39 is 5.97 Å². The SMILES string of the molecule is CCc1nc(C(=O)OC)c(N)n1CCCCC(N)=O. The van der Waals surface area contributed by atoms with Gasteiger partial charge in [0.25, 0.3) is 0 Å². The smallest absolute Gasteiger partial charge is 0.360 e. The number of anilines is 1. The van der Waals surface area contributed by atoms with Crippen LogP contribution in [0.3, 0.4) is 0 Å². The molecule has 0 saturated heterocycles. The fraction of sp³-hybridized carbons (Fsp3) is 0.583. The predicted molar refractivity (Wildman–Crippen MR) is 70.4 cm³/mol. The Labute approximate surface area is 111 Å². The van der Waals surface area contributed by atoms with Crippen molar-refractivity contribution in [3.05, 3.63) is 11.5 Å². The summed E-state index contributed by atoms with van der Waals surface area (Å²) in [4.78, 5) is 26.3. The molecule has 0 spiro atoms. The average molecular weight is 268 g/mol. The Bertz CT molecular complexity index is 468. The number of hydrogen-bond acceptors (Lipinski definition) is 5. The third-order valence-corrected chi connectivity index (χ3v) is 2.84. The molecule has 7 heteroatoms. The van der Waals surface area contributed by atoms with Gasteiger partial charge in [0.2, 0.25) is 5.91 Å². The van der Waals surface area contributed by atoms with E-state index in [2.05, 4.69) is 9.72 Å². The summed E-state index contributed by atoms with van der Waals surface area (Å²) in [6.45, 7) is 2.54. The number of nitrogen functional groups attached to an aromatic ring is 1. The number of aryl methyl sites for hydroxylation is 1. The molecule has 0 aliphatic heterocycles.